The second-order valence-electron chi connectivity index (χ2n) is 5.34. The standard InChI is InChI=1S/C14H15FN2O2/c1-14(2,3)12-9(13(18)19)8-17(16-12)11-7-5-4-6-10(11)15/h4-8H,1-3H3,(H,18,19). The zero-order valence-corrected chi connectivity index (χ0v) is 11.0. The smallest absolute Gasteiger partial charge is 0.339 e. The number of halogens is 1. The van der Waals surface area contributed by atoms with Gasteiger partial charge in [-0.1, -0.05) is 32.9 Å². The maximum absolute atomic E-state index is 13.7. The number of carboxylic acid groups (broad SMARTS) is 1. The van der Waals surface area contributed by atoms with Crippen molar-refractivity contribution in [2.75, 3.05) is 0 Å². The van der Waals surface area contributed by atoms with Gasteiger partial charge >= 0.3 is 5.97 Å². The monoisotopic (exact) mass is 262 g/mol. The van der Waals surface area contributed by atoms with E-state index in [1.807, 2.05) is 20.8 Å². The van der Waals surface area contributed by atoms with Gasteiger partial charge in [-0.25, -0.2) is 13.9 Å². The Morgan fingerprint density at radius 3 is 2.42 bits per heavy atom. The van der Waals surface area contributed by atoms with E-state index in [0.29, 0.717) is 5.69 Å². The van der Waals surface area contributed by atoms with Crippen LogP contribution in [-0.4, -0.2) is 20.9 Å². The minimum absolute atomic E-state index is 0.0933. The van der Waals surface area contributed by atoms with Crippen LogP contribution in [-0.2, 0) is 5.41 Å². The molecule has 0 unspecified atom stereocenters. The van der Waals surface area contributed by atoms with Crippen molar-refractivity contribution < 1.29 is 14.3 Å². The van der Waals surface area contributed by atoms with Crippen molar-refractivity contribution in [3.63, 3.8) is 0 Å². The molecule has 5 heteroatoms. The summed E-state index contributed by atoms with van der Waals surface area (Å²) in [6.45, 7) is 5.61. The Morgan fingerprint density at radius 1 is 1.32 bits per heavy atom. The van der Waals surface area contributed by atoms with Crippen LogP contribution in [0.5, 0.6) is 0 Å². The van der Waals surface area contributed by atoms with Crippen molar-refractivity contribution in [3.05, 3.63) is 47.5 Å². The fourth-order valence-corrected chi connectivity index (χ4v) is 1.85. The molecule has 1 aromatic carbocycles. The number of nitrogens with zero attached hydrogens (tertiary/aromatic N) is 2. The molecule has 2 aromatic rings. The predicted molar refractivity (Wildman–Crippen MR) is 69.2 cm³/mol. The Labute approximate surface area is 110 Å². The Hall–Kier alpha value is -2.17. The van der Waals surface area contributed by atoms with E-state index < -0.39 is 17.2 Å². The van der Waals surface area contributed by atoms with Crippen LogP contribution in [0.15, 0.2) is 30.5 Å². The van der Waals surface area contributed by atoms with E-state index in [1.54, 1.807) is 18.2 Å². The molecule has 0 radical (unpaired) electrons. The number of carboxylic acids is 1. The first-order valence-corrected chi connectivity index (χ1v) is 5.89. The molecule has 1 N–H and O–H groups in total. The predicted octanol–water partition coefficient (Wildman–Crippen LogP) is 3.01. The topological polar surface area (TPSA) is 55.1 Å². The highest BCUT2D eigenvalue weighted by Gasteiger charge is 2.26. The normalized spacial score (nSPS) is 11.6. The summed E-state index contributed by atoms with van der Waals surface area (Å²) >= 11 is 0. The van der Waals surface area contributed by atoms with Crippen molar-refractivity contribution >= 4 is 5.97 Å². The second-order valence-corrected chi connectivity index (χ2v) is 5.34. The summed E-state index contributed by atoms with van der Waals surface area (Å²) in [6.07, 6.45) is 1.35. The van der Waals surface area contributed by atoms with Gasteiger partial charge in [0, 0.05) is 11.6 Å². The largest absolute Gasteiger partial charge is 0.478 e. The minimum atomic E-state index is -1.06. The number of para-hydroxylation sites is 1. The average molecular weight is 262 g/mol. The molecule has 0 aliphatic heterocycles. The number of aromatic nitrogens is 2. The van der Waals surface area contributed by atoms with E-state index >= 15 is 0 Å². The lowest BCUT2D eigenvalue weighted by molar-refractivity contribution is 0.0694. The van der Waals surface area contributed by atoms with Gasteiger partial charge in [-0.3, -0.25) is 0 Å². The molecule has 0 saturated carbocycles. The Kier molecular flexibility index (Phi) is 3.14. The number of carbonyl (C=O) groups is 1. The summed E-state index contributed by atoms with van der Waals surface area (Å²) in [4.78, 5) is 11.3. The first kappa shape index (κ1) is 13.3. The van der Waals surface area contributed by atoms with Crippen LogP contribution in [0.2, 0.25) is 0 Å². The SMILES string of the molecule is CC(C)(C)c1nn(-c2ccccc2F)cc1C(=O)O. The first-order chi connectivity index (χ1) is 8.80. The van der Waals surface area contributed by atoms with Crippen molar-refractivity contribution in [3.8, 4) is 5.69 Å². The summed E-state index contributed by atoms with van der Waals surface area (Å²) < 4.78 is 15.0. The molecule has 19 heavy (non-hydrogen) atoms. The molecule has 1 heterocycles. The van der Waals surface area contributed by atoms with Crippen LogP contribution in [0.1, 0.15) is 36.8 Å². The lowest BCUT2D eigenvalue weighted by Gasteiger charge is -2.15. The molecule has 0 aliphatic carbocycles. The van der Waals surface area contributed by atoms with Gasteiger partial charge < -0.3 is 5.11 Å². The first-order valence-electron chi connectivity index (χ1n) is 5.89. The highest BCUT2D eigenvalue weighted by Crippen LogP contribution is 2.26. The third-order valence-corrected chi connectivity index (χ3v) is 2.75. The molecule has 0 aliphatic rings. The molecule has 1 aromatic heterocycles. The van der Waals surface area contributed by atoms with Crippen LogP contribution in [0.3, 0.4) is 0 Å². The summed E-state index contributed by atoms with van der Waals surface area (Å²) in [5, 5.41) is 13.4. The molecule has 100 valence electrons. The van der Waals surface area contributed by atoms with Crippen molar-refractivity contribution in [1.82, 2.24) is 9.78 Å². The molecule has 2 rings (SSSR count). The summed E-state index contributed by atoms with van der Waals surface area (Å²) in [5.74, 6) is -1.50. The number of hydrogen-bond donors (Lipinski definition) is 1. The summed E-state index contributed by atoms with van der Waals surface area (Å²) in [7, 11) is 0. The van der Waals surface area contributed by atoms with E-state index in [-0.39, 0.29) is 11.3 Å². The quantitative estimate of drug-likeness (QED) is 0.905. The van der Waals surface area contributed by atoms with E-state index in [0.717, 1.165) is 0 Å². The zero-order chi connectivity index (χ0) is 14.2. The average Bonchev–Trinajstić information content (AvgIpc) is 2.74. The van der Waals surface area contributed by atoms with Gasteiger partial charge in [-0.15, -0.1) is 0 Å². The van der Waals surface area contributed by atoms with Gasteiger partial charge in [0.05, 0.1) is 5.69 Å². The van der Waals surface area contributed by atoms with Gasteiger partial charge in [-0.05, 0) is 12.1 Å². The van der Waals surface area contributed by atoms with Gasteiger partial charge in [0.1, 0.15) is 17.1 Å². The van der Waals surface area contributed by atoms with E-state index in [1.165, 1.54) is 16.9 Å². The number of rotatable bonds is 2. The highest BCUT2D eigenvalue weighted by molar-refractivity contribution is 5.89. The van der Waals surface area contributed by atoms with Crippen LogP contribution in [0.4, 0.5) is 4.39 Å². The Morgan fingerprint density at radius 2 is 1.95 bits per heavy atom. The minimum Gasteiger partial charge on any atom is -0.478 e. The fourth-order valence-electron chi connectivity index (χ4n) is 1.85. The van der Waals surface area contributed by atoms with E-state index in [2.05, 4.69) is 5.10 Å². The molecule has 0 atom stereocenters. The molecule has 0 saturated heterocycles. The van der Waals surface area contributed by atoms with Crippen molar-refractivity contribution in [1.29, 1.82) is 0 Å². The molecule has 0 spiro atoms. The molecule has 0 amide bonds. The fraction of sp³-hybridized carbons (Fsp3) is 0.286. The molecular formula is C14H15FN2O2. The maximum atomic E-state index is 13.7. The Bertz CT molecular complexity index is 627. The molecule has 0 bridgehead atoms. The van der Waals surface area contributed by atoms with Gasteiger partial charge in [0.2, 0.25) is 0 Å². The lowest BCUT2D eigenvalue weighted by Crippen LogP contribution is -2.16. The number of hydrogen-bond acceptors (Lipinski definition) is 2. The van der Waals surface area contributed by atoms with Gasteiger partial charge in [-0.2, -0.15) is 5.10 Å². The zero-order valence-electron chi connectivity index (χ0n) is 11.0. The lowest BCUT2D eigenvalue weighted by atomic mass is 9.90. The second kappa shape index (κ2) is 4.50. The number of benzene rings is 1. The van der Waals surface area contributed by atoms with Crippen LogP contribution >= 0.6 is 0 Å². The van der Waals surface area contributed by atoms with Crippen molar-refractivity contribution in [2.24, 2.45) is 0 Å². The molecular weight excluding hydrogens is 247 g/mol. The molecule has 4 nitrogen and oxygen atoms in total. The number of aromatic carboxylic acids is 1. The maximum Gasteiger partial charge on any atom is 0.339 e. The van der Waals surface area contributed by atoms with Crippen LogP contribution in [0, 0.1) is 5.82 Å². The van der Waals surface area contributed by atoms with Crippen LogP contribution in [0.25, 0.3) is 5.69 Å². The Balaban J connectivity index is 2.62. The summed E-state index contributed by atoms with van der Waals surface area (Å²) in [5.41, 5.74) is 0.337. The van der Waals surface area contributed by atoms with Crippen molar-refractivity contribution in [2.45, 2.75) is 26.2 Å². The summed E-state index contributed by atoms with van der Waals surface area (Å²) in [6, 6.07) is 6.12. The van der Waals surface area contributed by atoms with Gasteiger partial charge in [0.25, 0.3) is 0 Å². The highest BCUT2D eigenvalue weighted by atomic mass is 19.1. The van der Waals surface area contributed by atoms with E-state index in [4.69, 9.17) is 0 Å². The third kappa shape index (κ3) is 2.50. The van der Waals surface area contributed by atoms with Gasteiger partial charge in [0.15, 0.2) is 0 Å². The molecule has 0 fully saturated rings. The van der Waals surface area contributed by atoms with E-state index in [9.17, 15) is 14.3 Å². The van der Waals surface area contributed by atoms with Crippen LogP contribution < -0.4 is 0 Å². The third-order valence-electron chi connectivity index (χ3n) is 2.75.